The first-order chi connectivity index (χ1) is 14.4. The van der Waals surface area contributed by atoms with Crippen LogP contribution in [0.2, 0.25) is 0 Å². The van der Waals surface area contributed by atoms with Gasteiger partial charge in [0.2, 0.25) is 10.0 Å². The summed E-state index contributed by atoms with van der Waals surface area (Å²) >= 11 is 5.65. The van der Waals surface area contributed by atoms with Crippen molar-refractivity contribution in [1.29, 1.82) is 0 Å². The highest BCUT2D eigenvalue weighted by Gasteiger charge is 2.28. The SMILES string of the molecule is Cc1nn(CN2CCN(S(=O)(=O)c3cccnc3)CC2)c(=S)n1Cc1ccccc1. The van der Waals surface area contributed by atoms with Crippen molar-refractivity contribution in [2.75, 3.05) is 26.2 Å². The smallest absolute Gasteiger partial charge is 0.244 e. The number of hydrogen-bond acceptors (Lipinski definition) is 6. The number of sulfonamides is 1. The Bertz CT molecular complexity index is 1150. The maximum absolute atomic E-state index is 12.8. The molecule has 0 amide bonds. The molecule has 0 unspecified atom stereocenters. The van der Waals surface area contributed by atoms with Crippen LogP contribution in [0.15, 0.2) is 59.8 Å². The standard InChI is InChI=1S/C20H24N6O2S2/c1-17-22-26(20(29)25(17)15-18-6-3-2-4-7-18)16-23-10-12-24(13-11-23)30(27,28)19-8-5-9-21-14-19/h2-9,14H,10-13,15-16H2,1H3. The molecule has 0 bridgehead atoms. The molecule has 0 radical (unpaired) electrons. The number of piperazine rings is 1. The highest BCUT2D eigenvalue weighted by Crippen LogP contribution is 2.17. The molecule has 8 nitrogen and oxygen atoms in total. The van der Waals surface area contributed by atoms with Gasteiger partial charge in [0.05, 0.1) is 13.2 Å². The van der Waals surface area contributed by atoms with Crippen LogP contribution >= 0.6 is 12.2 Å². The van der Waals surface area contributed by atoms with Crippen LogP contribution in [0.5, 0.6) is 0 Å². The van der Waals surface area contributed by atoms with Crippen molar-refractivity contribution in [3.63, 3.8) is 0 Å². The first-order valence-corrected chi connectivity index (χ1v) is 11.6. The van der Waals surface area contributed by atoms with Gasteiger partial charge in [0.1, 0.15) is 10.7 Å². The lowest BCUT2D eigenvalue weighted by atomic mass is 10.2. The van der Waals surface area contributed by atoms with Crippen LogP contribution < -0.4 is 0 Å². The van der Waals surface area contributed by atoms with Gasteiger partial charge in [0.25, 0.3) is 0 Å². The predicted octanol–water partition coefficient (Wildman–Crippen LogP) is 2.13. The number of nitrogens with zero attached hydrogens (tertiary/aromatic N) is 6. The summed E-state index contributed by atoms with van der Waals surface area (Å²) in [5, 5.41) is 4.61. The van der Waals surface area contributed by atoms with Gasteiger partial charge in [-0.3, -0.25) is 14.5 Å². The van der Waals surface area contributed by atoms with E-state index in [0.29, 0.717) is 44.2 Å². The van der Waals surface area contributed by atoms with Crippen LogP contribution in [-0.4, -0.2) is 63.1 Å². The molecule has 0 aliphatic carbocycles. The summed E-state index contributed by atoms with van der Waals surface area (Å²) < 4.78 is 31.5. The van der Waals surface area contributed by atoms with E-state index in [-0.39, 0.29) is 4.90 Å². The Labute approximate surface area is 181 Å². The van der Waals surface area contributed by atoms with Crippen LogP contribution in [0.25, 0.3) is 0 Å². The lowest BCUT2D eigenvalue weighted by Gasteiger charge is -2.33. The second-order valence-corrected chi connectivity index (χ2v) is 9.56. The average Bonchev–Trinajstić information content (AvgIpc) is 3.03. The minimum atomic E-state index is -3.51. The third-order valence-electron chi connectivity index (χ3n) is 5.23. The lowest BCUT2D eigenvalue weighted by molar-refractivity contribution is 0.144. The molecule has 1 aromatic carbocycles. The van der Waals surface area contributed by atoms with Crippen molar-refractivity contribution >= 4 is 22.2 Å². The molecule has 3 heterocycles. The lowest BCUT2D eigenvalue weighted by Crippen LogP contribution is -2.48. The van der Waals surface area contributed by atoms with Crippen molar-refractivity contribution < 1.29 is 8.42 Å². The monoisotopic (exact) mass is 444 g/mol. The fourth-order valence-corrected chi connectivity index (χ4v) is 5.22. The largest absolute Gasteiger partial charge is 0.300 e. The maximum Gasteiger partial charge on any atom is 0.244 e. The fourth-order valence-electron chi connectivity index (χ4n) is 3.54. The van der Waals surface area contributed by atoms with E-state index in [2.05, 4.69) is 27.1 Å². The fraction of sp³-hybridized carbons (Fsp3) is 0.350. The van der Waals surface area contributed by atoms with Crippen LogP contribution in [0, 0.1) is 11.7 Å². The van der Waals surface area contributed by atoms with E-state index in [9.17, 15) is 8.42 Å². The Hall–Kier alpha value is -2.40. The first-order valence-electron chi connectivity index (χ1n) is 9.76. The molecule has 3 aromatic rings. The third kappa shape index (κ3) is 4.36. The third-order valence-corrected chi connectivity index (χ3v) is 7.54. The van der Waals surface area contributed by atoms with Crippen LogP contribution in [-0.2, 0) is 23.2 Å². The highest BCUT2D eigenvalue weighted by molar-refractivity contribution is 7.89. The van der Waals surface area contributed by atoms with Gasteiger partial charge in [0.15, 0.2) is 4.77 Å². The normalized spacial score (nSPS) is 16.0. The van der Waals surface area contributed by atoms with E-state index < -0.39 is 10.0 Å². The van der Waals surface area contributed by atoms with E-state index >= 15 is 0 Å². The molecule has 0 saturated carbocycles. The Balaban J connectivity index is 1.41. The summed E-state index contributed by atoms with van der Waals surface area (Å²) in [6.07, 6.45) is 2.96. The van der Waals surface area contributed by atoms with Gasteiger partial charge in [-0.15, -0.1) is 0 Å². The molecule has 0 atom stereocenters. The maximum atomic E-state index is 12.8. The molecule has 0 N–H and O–H groups in total. The molecule has 1 aliphatic heterocycles. The van der Waals surface area contributed by atoms with Crippen molar-refractivity contribution in [3.8, 4) is 0 Å². The average molecular weight is 445 g/mol. The minimum absolute atomic E-state index is 0.232. The zero-order valence-corrected chi connectivity index (χ0v) is 18.4. The van der Waals surface area contributed by atoms with Gasteiger partial charge in [-0.2, -0.15) is 9.40 Å². The summed E-state index contributed by atoms with van der Waals surface area (Å²) in [6, 6.07) is 13.4. The molecule has 1 saturated heterocycles. The molecule has 2 aromatic heterocycles. The van der Waals surface area contributed by atoms with Crippen molar-refractivity contribution in [2.24, 2.45) is 0 Å². The molecular formula is C20H24N6O2S2. The highest BCUT2D eigenvalue weighted by atomic mass is 32.2. The predicted molar refractivity (Wildman–Crippen MR) is 116 cm³/mol. The van der Waals surface area contributed by atoms with Gasteiger partial charge in [-0.1, -0.05) is 30.3 Å². The molecular weight excluding hydrogens is 420 g/mol. The van der Waals surface area contributed by atoms with Crippen molar-refractivity contribution in [1.82, 2.24) is 28.5 Å². The van der Waals surface area contributed by atoms with Crippen molar-refractivity contribution in [3.05, 3.63) is 71.0 Å². The van der Waals surface area contributed by atoms with Gasteiger partial charge < -0.3 is 0 Å². The molecule has 4 rings (SSSR count). The van der Waals surface area contributed by atoms with Crippen LogP contribution in [0.4, 0.5) is 0 Å². The quantitative estimate of drug-likeness (QED) is 0.542. The molecule has 30 heavy (non-hydrogen) atoms. The Morgan fingerprint density at radius 3 is 2.43 bits per heavy atom. The van der Waals surface area contributed by atoms with Crippen molar-refractivity contribution in [2.45, 2.75) is 25.0 Å². The number of rotatable bonds is 6. The van der Waals surface area contributed by atoms with Gasteiger partial charge in [-0.05, 0) is 36.8 Å². The summed E-state index contributed by atoms with van der Waals surface area (Å²) in [7, 11) is -3.51. The van der Waals surface area contributed by atoms with Crippen LogP contribution in [0.3, 0.4) is 0 Å². The summed E-state index contributed by atoms with van der Waals surface area (Å²) in [5.74, 6) is 0.863. The number of hydrogen-bond donors (Lipinski definition) is 0. The Morgan fingerprint density at radius 2 is 1.77 bits per heavy atom. The van der Waals surface area contributed by atoms with E-state index in [4.69, 9.17) is 12.2 Å². The van der Waals surface area contributed by atoms with E-state index in [1.807, 2.05) is 34.4 Å². The number of aromatic nitrogens is 4. The molecule has 1 fully saturated rings. The Kier molecular flexibility index (Phi) is 6.09. The zero-order valence-electron chi connectivity index (χ0n) is 16.8. The van der Waals surface area contributed by atoms with Gasteiger partial charge in [0, 0.05) is 38.6 Å². The number of benzene rings is 1. The topological polar surface area (TPSA) is 76.3 Å². The summed E-state index contributed by atoms with van der Waals surface area (Å²) in [4.78, 5) is 6.33. The molecule has 0 spiro atoms. The van der Waals surface area contributed by atoms with Crippen LogP contribution in [0.1, 0.15) is 11.4 Å². The minimum Gasteiger partial charge on any atom is -0.300 e. The van der Waals surface area contributed by atoms with E-state index in [1.165, 1.54) is 16.1 Å². The first kappa shape index (κ1) is 20.9. The van der Waals surface area contributed by atoms with Gasteiger partial charge >= 0.3 is 0 Å². The molecule has 10 heteroatoms. The molecule has 158 valence electrons. The zero-order chi connectivity index (χ0) is 21.1. The Morgan fingerprint density at radius 1 is 1.03 bits per heavy atom. The summed E-state index contributed by atoms with van der Waals surface area (Å²) in [5.41, 5.74) is 1.17. The molecule has 1 aliphatic rings. The van der Waals surface area contributed by atoms with E-state index in [0.717, 1.165) is 5.82 Å². The second-order valence-electron chi connectivity index (χ2n) is 7.25. The number of pyridine rings is 1. The number of aryl methyl sites for hydroxylation is 1. The van der Waals surface area contributed by atoms with Gasteiger partial charge in [-0.25, -0.2) is 13.1 Å². The summed E-state index contributed by atoms with van der Waals surface area (Å²) in [6.45, 7) is 5.26. The van der Waals surface area contributed by atoms with E-state index in [1.54, 1.807) is 18.3 Å². The second kappa shape index (κ2) is 8.76.